The lowest BCUT2D eigenvalue weighted by molar-refractivity contribution is -0.174. The molecule has 2 atom stereocenters. The van der Waals surface area contributed by atoms with Crippen LogP contribution in [0, 0.1) is 0 Å². The number of hydrogen-bond acceptors (Lipinski definition) is 3. The van der Waals surface area contributed by atoms with Gasteiger partial charge in [0, 0.05) is 22.6 Å². The zero-order chi connectivity index (χ0) is 21.8. The molecule has 158 valence electrons. The highest BCUT2D eigenvalue weighted by molar-refractivity contribution is 7.21. The van der Waals surface area contributed by atoms with E-state index in [-0.39, 0.29) is 12.2 Å². The second-order valence-electron chi connectivity index (χ2n) is 7.27. The van der Waals surface area contributed by atoms with Gasteiger partial charge in [-0.05, 0) is 11.6 Å². The quantitative estimate of drug-likeness (QED) is 0.335. The van der Waals surface area contributed by atoms with Crippen molar-refractivity contribution < 1.29 is 18.0 Å². The molecule has 9 heteroatoms. The standard InChI is InChI=1S/C22H15ClF3N3OS/c23-19-14-8-4-5-9-16(14)31-20(19)21(30)28-15(13-6-2-1-3-7-13)12-17(22(24,25)26)29-18(28)10-11-27-29/h1-11,15,17H,12H2/t15-,17-/m0/s1. The summed E-state index contributed by atoms with van der Waals surface area (Å²) in [5, 5.41) is 4.95. The number of fused-ring (bicyclic) bond motifs is 2. The fraction of sp³-hybridized carbons (Fsp3) is 0.182. The normalized spacial score (nSPS) is 18.9. The maximum absolute atomic E-state index is 13.9. The first-order valence-corrected chi connectivity index (χ1v) is 10.7. The highest BCUT2D eigenvalue weighted by Gasteiger charge is 2.50. The molecule has 0 aliphatic carbocycles. The highest BCUT2D eigenvalue weighted by Crippen LogP contribution is 2.48. The number of nitrogens with zero attached hydrogens (tertiary/aromatic N) is 3. The molecule has 0 bridgehead atoms. The Bertz CT molecular complexity index is 1270. The van der Waals surface area contributed by atoms with Crippen molar-refractivity contribution in [1.29, 1.82) is 0 Å². The fourth-order valence-electron chi connectivity index (χ4n) is 4.05. The topological polar surface area (TPSA) is 38.1 Å². The summed E-state index contributed by atoms with van der Waals surface area (Å²) >= 11 is 7.76. The Morgan fingerprint density at radius 3 is 2.48 bits per heavy atom. The van der Waals surface area contributed by atoms with Crippen molar-refractivity contribution in [2.75, 3.05) is 4.90 Å². The molecule has 1 aliphatic heterocycles. The number of hydrogen-bond donors (Lipinski definition) is 0. The number of thiophene rings is 1. The second-order valence-corrected chi connectivity index (χ2v) is 8.70. The van der Waals surface area contributed by atoms with Gasteiger partial charge in [-0.15, -0.1) is 11.3 Å². The van der Waals surface area contributed by atoms with Crippen molar-refractivity contribution >= 4 is 44.7 Å². The van der Waals surface area contributed by atoms with Crippen LogP contribution < -0.4 is 4.90 Å². The van der Waals surface area contributed by atoms with Crippen molar-refractivity contribution in [1.82, 2.24) is 9.78 Å². The summed E-state index contributed by atoms with van der Waals surface area (Å²) in [5.74, 6) is -0.344. The van der Waals surface area contributed by atoms with Gasteiger partial charge in [-0.2, -0.15) is 18.3 Å². The number of amides is 1. The van der Waals surface area contributed by atoms with Gasteiger partial charge in [-0.25, -0.2) is 4.68 Å². The Morgan fingerprint density at radius 1 is 1.06 bits per heavy atom. The van der Waals surface area contributed by atoms with E-state index in [1.54, 1.807) is 30.3 Å². The molecule has 3 heterocycles. The van der Waals surface area contributed by atoms with E-state index < -0.39 is 24.2 Å². The third kappa shape index (κ3) is 3.30. The Labute approximate surface area is 184 Å². The second kappa shape index (κ2) is 7.39. The first-order valence-electron chi connectivity index (χ1n) is 9.52. The summed E-state index contributed by atoms with van der Waals surface area (Å²) in [5.41, 5.74) is 0.620. The molecule has 4 aromatic rings. The minimum absolute atomic E-state index is 0.0981. The molecule has 4 nitrogen and oxygen atoms in total. The predicted octanol–water partition coefficient (Wildman–Crippen LogP) is 6.65. The van der Waals surface area contributed by atoms with Gasteiger partial charge in [0.2, 0.25) is 0 Å². The van der Waals surface area contributed by atoms with Crippen molar-refractivity contribution in [3.05, 3.63) is 82.3 Å². The Balaban J connectivity index is 1.68. The lowest BCUT2D eigenvalue weighted by atomic mass is 9.95. The zero-order valence-corrected chi connectivity index (χ0v) is 17.5. The van der Waals surface area contributed by atoms with Crippen molar-refractivity contribution in [2.45, 2.75) is 24.7 Å². The molecule has 0 spiro atoms. The van der Waals surface area contributed by atoms with Gasteiger partial charge in [-0.1, -0.05) is 60.1 Å². The molecule has 31 heavy (non-hydrogen) atoms. The zero-order valence-electron chi connectivity index (χ0n) is 15.9. The smallest absolute Gasteiger partial charge is 0.284 e. The summed E-state index contributed by atoms with van der Waals surface area (Å²) in [6.45, 7) is 0. The van der Waals surface area contributed by atoms with Crippen LogP contribution in [-0.4, -0.2) is 21.9 Å². The van der Waals surface area contributed by atoms with Crippen LogP contribution in [0.3, 0.4) is 0 Å². The lowest BCUT2D eigenvalue weighted by Gasteiger charge is -2.40. The van der Waals surface area contributed by atoms with E-state index >= 15 is 0 Å². The first-order chi connectivity index (χ1) is 14.9. The van der Waals surface area contributed by atoms with E-state index in [1.807, 2.05) is 24.3 Å². The predicted molar refractivity (Wildman–Crippen MR) is 115 cm³/mol. The van der Waals surface area contributed by atoms with Crippen molar-refractivity contribution in [3.63, 3.8) is 0 Å². The van der Waals surface area contributed by atoms with Crippen LogP contribution in [0.2, 0.25) is 5.02 Å². The molecule has 1 aliphatic rings. The summed E-state index contributed by atoms with van der Waals surface area (Å²) in [4.78, 5) is 15.4. The van der Waals surface area contributed by atoms with Gasteiger partial charge >= 0.3 is 6.18 Å². The van der Waals surface area contributed by atoms with Gasteiger partial charge in [0.25, 0.3) is 5.91 Å². The lowest BCUT2D eigenvalue weighted by Crippen LogP contribution is -2.45. The number of rotatable bonds is 2. The Hall–Kier alpha value is -2.84. The van der Waals surface area contributed by atoms with Gasteiger partial charge in [0.15, 0.2) is 6.04 Å². The third-order valence-electron chi connectivity index (χ3n) is 5.46. The van der Waals surface area contributed by atoms with E-state index in [2.05, 4.69) is 5.10 Å². The average molecular weight is 462 g/mol. The van der Waals surface area contributed by atoms with E-state index in [4.69, 9.17) is 11.6 Å². The van der Waals surface area contributed by atoms with Crippen LogP contribution in [0.15, 0.2) is 66.9 Å². The number of anilines is 1. The van der Waals surface area contributed by atoms with Crippen LogP contribution in [0.1, 0.15) is 33.7 Å². The van der Waals surface area contributed by atoms with Crippen molar-refractivity contribution in [2.24, 2.45) is 0 Å². The molecule has 2 aromatic heterocycles. The average Bonchev–Trinajstić information content (AvgIpc) is 3.37. The molecule has 0 saturated heterocycles. The number of carbonyl (C=O) groups excluding carboxylic acids is 1. The third-order valence-corrected chi connectivity index (χ3v) is 7.12. The maximum atomic E-state index is 13.9. The molecule has 0 saturated carbocycles. The van der Waals surface area contributed by atoms with Crippen LogP contribution in [0.5, 0.6) is 0 Å². The molecular formula is C22H15ClF3N3OS. The molecule has 0 unspecified atom stereocenters. The summed E-state index contributed by atoms with van der Waals surface area (Å²) < 4.78 is 43.3. The Morgan fingerprint density at radius 2 is 1.77 bits per heavy atom. The minimum atomic E-state index is -4.50. The molecule has 0 fully saturated rings. The fourth-order valence-corrected chi connectivity index (χ4v) is 5.50. The number of halogens is 4. The summed E-state index contributed by atoms with van der Waals surface area (Å²) in [6.07, 6.45) is -3.55. The van der Waals surface area contributed by atoms with E-state index in [1.165, 1.54) is 28.5 Å². The van der Waals surface area contributed by atoms with Crippen molar-refractivity contribution in [3.8, 4) is 0 Å². The van der Waals surface area contributed by atoms with Crippen LogP contribution >= 0.6 is 22.9 Å². The molecule has 1 amide bonds. The minimum Gasteiger partial charge on any atom is -0.284 e. The number of carbonyl (C=O) groups is 1. The largest absolute Gasteiger partial charge is 0.410 e. The SMILES string of the molecule is O=C(c1sc2ccccc2c1Cl)N1c2ccnn2[C@H](C(F)(F)F)C[C@H]1c1ccccc1. The summed E-state index contributed by atoms with van der Waals surface area (Å²) in [6, 6.07) is 14.9. The van der Waals surface area contributed by atoms with Crippen LogP contribution in [0.4, 0.5) is 19.0 Å². The monoisotopic (exact) mass is 461 g/mol. The highest BCUT2D eigenvalue weighted by atomic mass is 35.5. The molecule has 0 N–H and O–H groups in total. The van der Waals surface area contributed by atoms with Crippen LogP contribution in [0.25, 0.3) is 10.1 Å². The number of alkyl halides is 3. The van der Waals surface area contributed by atoms with Crippen LogP contribution in [-0.2, 0) is 0 Å². The number of aromatic nitrogens is 2. The molecule has 5 rings (SSSR count). The van der Waals surface area contributed by atoms with Gasteiger partial charge in [-0.3, -0.25) is 9.69 Å². The van der Waals surface area contributed by atoms with Gasteiger partial charge in [0.05, 0.1) is 17.3 Å². The number of benzene rings is 2. The maximum Gasteiger partial charge on any atom is 0.410 e. The Kier molecular flexibility index (Phi) is 4.79. The molecular weight excluding hydrogens is 447 g/mol. The van der Waals surface area contributed by atoms with Gasteiger partial charge in [0.1, 0.15) is 10.7 Å². The van der Waals surface area contributed by atoms with E-state index in [0.717, 1.165) is 14.8 Å². The summed E-state index contributed by atoms with van der Waals surface area (Å²) in [7, 11) is 0. The van der Waals surface area contributed by atoms with E-state index in [0.29, 0.717) is 15.5 Å². The first kappa shape index (κ1) is 20.1. The molecule has 0 radical (unpaired) electrons. The van der Waals surface area contributed by atoms with Gasteiger partial charge < -0.3 is 0 Å². The molecule has 2 aromatic carbocycles. The van der Waals surface area contributed by atoms with E-state index in [9.17, 15) is 18.0 Å².